The smallest absolute Gasteiger partial charge is 0.362 e. The minimum atomic E-state index is -4.39. The molecule has 2 atom stereocenters. The first-order valence-corrected chi connectivity index (χ1v) is 5.55. The van der Waals surface area contributed by atoms with Gasteiger partial charge in [-0.2, -0.15) is 13.2 Å². The van der Waals surface area contributed by atoms with Crippen molar-refractivity contribution in [2.75, 3.05) is 19.8 Å². The second-order valence-electron chi connectivity index (χ2n) is 4.27. The van der Waals surface area contributed by atoms with Crippen molar-refractivity contribution >= 4 is 5.91 Å². The average Bonchev–Trinajstić information content (AvgIpc) is 2.59. The second kappa shape index (κ2) is 6.20. The highest BCUT2D eigenvalue weighted by atomic mass is 19.4. The summed E-state index contributed by atoms with van der Waals surface area (Å²) in [5.41, 5.74) is 5.79. The SMILES string of the molecule is NC1CCCC1CNC(=O)COCC(F)(F)F. The van der Waals surface area contributed by atoms with Crippen molar-refractivity contribution in [3.05, 3.63) is 0 Å². The Kier molecular flexibility index (Phi) is 5.20. The van der Waals surface area contributed by atoms with Crippen LogP contribution in [0.15, 0.2) is 0 Å². The molecule has 0 bridgehead atoms. The van der Waals surface area contributed by atoms with Crippen molar-refractivity contribution in [1.29, 1.82) is 0 Å². The summed E-state index contributed by atoms with van der Waals surface area (Å²) >= 11 is 0. The summed E-state index contributed by atoms with van der Waals surface area (Å²) in [6.45, 7) is -1.56. The molecule has 0 aromatic heterocycles. The highest BCUT2D eigenvalue weighted by molar-refractivity contribution is 5.77. The monoisotopic (exact) mass is 254 g/mol. The minimum absolute atomic E-state index is 0.0754. The molecule has 1 aliphatic carbocycles. The number of carbonyl (C=O) groups excluding carboxylic acids is 1. The topological polar surface area (TPSA) is 64.3 Å². The van der Waals surface area contributed by atoms with Gasteiger partial charge in [0.2, 0.25) is 5.91 Å². The van der Waals surface area contributed by atoms with Crippen LogP contribution in [0, 0.1) is 5.92 Å². The van der Waals surface area contributed by atoms with E-state index < -0.39 is 25.3 Å². The highest BCUT2D eigenvalue weighted by Gasteiger charge is 2.28. The zero-order chi connectivity index (χ0) is 12.9. The number of ether oxygens (including phenoxy) is 1. The Labute approximate surface area is 97.7 Å². The van der Waals surface area contributed by atoms with E-state index in [2.05, 4.69) is 10.1 Å². The average molecular weight is 254 g/mol. The number of amides is 1. The molecule has 17 heavy (non-hydrogen) atoms. The lowest BCUT2D eigenvalue weighted by atomic mass is 10.1. The highest BCUT2D eigenvalue weighted by Crippen LogP contribution is 2.22. The maximum absolute atomic E-state index is 11.7. The Hall–Kier alpha value is -0.820. The summed E-state index contributed by atoms with van der Waals surface area (Å²) in [5.74, 6) is -0.310. The van der Waals surface area contributed by atoms with E-state index in [0.717, 1.165) is 19.3 Å². The van der Waals surface area contributed by atoms with E-state index in [0.29, 0.717) is 6.54 Å². The normalized spacial score (nSPS) is 24.9. The molecule has 0 spiro atoms. The summed E-state index contributed by atoms with van der Waals surface area (Å²) in [7, 11) is 0. The lowest BCUT2D eigenvalue weighted by molar-refractivity contribution is -0.175. The summed E-state index contributed by atoms with van der Waals surface area (Å²) in [4.78, 5) is 11.1. The lowest BCUT2D eigenvalue weighted by Crippen LogP contribution is -2.38. The van der Waals surface area contributed by atoms with Crippen molar-refractivity contribution in [1.82, 2.24) is 5.32 Å². The van der Waals surface area contributed by atoms with E-state index in [4.69, 9.17) is 5.73 Å². The molecule has 0 aliphatic heterocycles. The van der Waals surface area contributed by atoms with E-state index in [9.17, 15) is 18.0 Å². The molecule has 0 heterocycles. The van der Waals surface area contributed by atoms with Gasteiger partial charge in [-0.15, -0.1) is 0 Å². The molecule has 1 aliphatic rings. The lowest BCUT2D eigenvalue weighted by Gasteiger charge is -2.16. The number of halogens is 3. The van der Waals surface area contributed by atoms with Gasteiger partial charge >= 0.3 is 6.18 Å². The predicted octanol–water partition coefficient (Wildman–Crippen LogP) is 0.809. The largest absolute Gasteiger partial charge is 0.411 e. The molecule has 0 radical (unpaired) electrons. The standard InChI is InChI=1S/C10H17F3N2O2/c11-10(12,13)6-17-5-9(16)15-4-7-2-1-3-8(7)14/h7-8H,1-6,14H2,(H,15,16). The number of rotatable bonds is 5. The summed E-state index contributed by atoms with van der Waals surface area (Å²) < 4.78 is 39.4. The van der Waals surface area contributed by atoms with Crippen LogP contribution in [0.3, 0.4) is 0 Å². The number of hydrogen-bond donors (Lipinski definition) is 2. The Morgan fingerprint density at radius 3 is 2.65 bits per heavy atom. The summed E-state index contributed by atoms with van der Waals surface area (Å²) in [5, 5.41) is 2.53. The van der Waals surface area contributed by atoms with Crippen LogP contribution in [0.5, 0.6) is 0 Å². The number of alkyl halides is 3. The predicted molar refractivity (Wildman–Crippen MR) is 55.2 cm³/mol. The van der Waals surface area contributed by atoms with Gasteiger partial charge < -0.3 is 15.8 Å². The number of nitrogens with two attached hydrogens (primary N) is 1. The van der Waals surface area contributed by atoms with Gasteiger partial charge in [-0.1, -0.05) is 6.42 Å². The van der Waals surface area contributed by atoms with Crippen LogP contribution >= 0.6 is 0 Å². The van der Waals surface area contributed by atoms with E-state index in [-0.39, 0.29) is 12.0 Å². The molecule has 100 valence electrons. The van der Waals surface area contributed by atoms with Crippen LogP contribution in [0.25, 0.3) is 0 Å². The molecule has 0 aromatic carbocycles. The third-order valence-electron chi connectivity index (χ3n) is 2.78. The number of hydrogen-bond acceptors (Lipinski definition) is 3. The van der Waals surface area contributed by atoms with Gasteiger partial charge in [0.15, 0.2) is 0 Å². The molecule has 1 saturated carbocycles. The van der Waals surface area contributed by atoms with Gasteiger partial charge in [0.05, 0.1) is 0 Å². The molecular formula is C10H17F3N2O2. The van der Waals surface area contributed by atoms with Crippen LogP contribution in [0.4, 0.5) is 13.2 Å². The molecule has 1 rings (SSSR count). The van der Waals surface area contributed by atoms with Gasteiger partial charge in [0, 0.05) is 12.6 Å². The maximum Gasteiger partial charge on any atom is 0.411 e. The van der Waals surface area contributed by atoms with Crippen LogP contribution in [0.1, 0.15) is 19.3 Å². The Morgan fingerprint density at radius 2 is 2.12 bits per heavy atom. The van der Waals surface area contributed by atoms with Crippen molar-refractivity contribution in [3.8, 4) is 0 Å². The molecule has 0 aromatic rings. The molecule has 7 heteroatoms. The van der Waals surface area contributed by atoms with Crippen LogP contribution in [-0.2, 0) is 9.53 Å². The van der Waals surface area contributed by atoms with E-state index in [1.807, 2.05) is 0 Å². The van der Waals surface area contributed by atoms with Crippen molar-refractivity contribution in [2.45, 2.75) is 31.5 Å². The molecule has 4 nitrogen and oxygen atoms in total. The van der Waals surface area contributed by atoms with E-state index >= 15 is 0 Å². The number of carbonyl (C=O) groups is 1. The number of nitrogens with one attached hydrogen (secondary N) is 1. The molecule has 0 saturated heterocycles. The Balaban J connectivity index is 2.09. The van der Waals surface area contributed by atoms with E-state index in [1.54, 1.807) is 0 Å². The van der Waals surface area contributed by atoms with Gasteiger partial charge in [-0.3, -0.25) is 4.79 Å². The first-order chi connectivity index (χ1) is 7.88. The summed E-state index contributed by atoms with van der Waals surface area (Å²) in [6.07, 6.45) is -1.48. The molecule has 1 fully saturated rings. The van der Waals surface area contributed by atoms with Crippen LogP contribution in [-0.4, -0.2) is 37.9 Å². The molecule has 3 N–H and O–H groups in total. The fraction of sp³-hybridized carbons (Fsp3) is 0.900. The first kappa shape index (κ1) is 14.2. The fourth-order valence-electron chi connectivity index (χ4n) is 1.87. The fourth-order valence-corrected chi connectivity index (χ4v) is 1.87. The third-order valence-corrected chi connectivity index (χ3v) is 2.78. The van der Waals surface area contributed by atoms with E-state index in [1.165, 1.54) is 0 Å². The summed E-state index contributed by atoms with van der Waals surface area (Å²) in [6, 6.07) is 0.0754. The van der Waals surface area contributed by atoms with Crippen LogP contribution in [0.2, 0.25) is 0 Å². The van der Waals surface area contributed by atoms with Gasteiger partial charge in [0.25, 0.3) is 0 Å². The minimum Gasteiger partial charge on any atom is -0.362 e. The quantitative estimate of drug-likeness (QED) is 0.763. The molecule has 2 unspecified atom stereocenters. The Morgan fingerprint density at radius 1 is 1.41 bits per heavy atom. The third kappa shape index (κ3) is 5.88. The zero-order valence-corrected chi connectivity index (χ0v) is 9.43. The van der Waals surface area contributed by atoms with Crippen molar-refractivity contribution in [3.63, 3.8) is 0 Å². The van der Waals surface area contributed by atoms with Crippen molar-refractivity contribution in [2.24, 2.45) is 11.7 Å². The first-order valence-electron chi connectivity index (χ1n) is 5.55. The Bertz CT molecular complexity index is 258. The second-order valence-corrected chi connectivity index (χ2v) is 4.27. The van der Waals surface area contributed by atoms with Crippen molar-refractivity contribution < 1.29 is 22.7 Å². The van der Waals surface area contributed by atoms with Gasteiger partial charge in [-0.25, -0.2) is 0 Å². The molecule has 1 amide bonds. The molecular weight excluding hydrogens is 237 g/mol. The maximum atomic E-state index is 11.7. The zero-order valence-electron chi connectivity index (χ0n) is 9.43. The van der Waals surface area contributed by atoms with Gasteiger partial charge in [-0.05, 0) is 18.8 Å². The van der Waals surface area contributed by atoms with Crippen LogP contribution < -0.4 is 11.1 Å². The van der Waals surface area contributed by atoms with Gasteiger partial charge in [0.1, 0.15) is 13.2 Å².